The van der Waals surface area contributed by atoms with E-state index in [2.05, 4.69) is 10.0 Å². The average molecular weight is 469 g/mol. The van der Waals surface area contributed by atoms with Gasteiger partial charge in [0.25, 0.3) is 10.0 Å². The summed E-state index contributed by atoms with van der Waals surface area (Å²) in [5.41, 5.74) is 3.01. The maximum absolute atomic E-state index is 13.2. The standard InChI is InChI=1S/C24H21FN2O5S/c1-15-3-9-20-16(14-32-23(20)11-15)12-24(28)26-18-6-10-22(31-2)21(13-18)27-33(29,30)19-7-4-17(25)5-8-19/h3-11,13-14,27H,12H2,1-2H3,(H,26,28). The van der Waals surface area contributed by atoms with Crippen molar-refractivity contribution < 1.29 is 26.8 Å². The number of methoxy groups -OCH3 is 1. The second-order valence-corrected chi connectivity index (χ2v) is 9.14. The van der Waals surface area contributed by atoms with Gasteiger partial charge in [0.1, 0.15) is 17.1 Å². The third kappa shape index (κ3) is 4.98. The number of hydrogen-bond donors (Lipinski definition) is 2. The molecule has 4 aromatic rings. The van der Waals surface area contributed by atoms with Gasteiger partial charge in [-0.1, -0.05) is 12.1 Å². The van der Waals surface area contributed by atoms with Crippen molar-refractivity contribution in [1.29, 1.82) is 0 Å². The fourth-order valence-corrected chi connectivity index (χ4v) is 4.45. The normalized spacial score (nSPS) is 11.4. The topological polar surface area (TPSA) is 97.6 Å². The van der Waals surface area contributed by atoms with Crippen molar-refractivity contribution in [3.8, 4) is 5.75 Å². The summed E-state index contributed by atoms with van der Waals surface area (Å²) in [5.74, 6) is -0.581. The number of benzene rings is 3. The lowest BCUT2D eigenvalue weighted by atomic mass is 10.1. The molecule has 170 valence electrons. The first kappa shape index (κ1) is 22.3. The van der Waals surface area contributed by atoms with Crippen molar-refractivity contribution >= 4 is 38.3 Å². The molecule has 1 heterocycles. The number of halogens is 1. The number of carbonyl (C=O) groups excluding carboxylic acids is 1. The second-order valence-electron chi connectivity index (χ2n) is 7.46. The molecule has 0 bridgehead atoms. The van der Waals surface area contributed by atoms with Crippen molar-refractivity contribution in [2.75, 3.05) is 17.1 Å². The highest BCUT2D eigenvalue weighted by Crippen LogP contribution is 2.30. The zero-order chi connectivity index (χ0) is 23.6. The molecule has 7 nitrogen and oxygen atoms in total. The van der Waals surface area contributed by atoms with Crippen LogP contribution in [0.4, 0.5) is 15.8 Å². The molecule has 0 aliphatic carbocycles. The molecular formula is C24H21FN2O5S. The molecule has 0 aliphatic heterocycles. The molecule has 0 saturated carbocycles. The van der Waals surface area contributed by atoms with E-state index < -0.39 is 15.8 Å². The second kappa shape index (κ2) is 8.95. The van der Waals surface area contributed by atoms with E-state index in [0.717, 1.165) is 40.8 Å². The molecular weight excluding hydrogens is 447 g/mol. The Bertz CT molecular complexity index is 1430. The molecule has 0 fully saturated rings. The highest BCUT2D eigenvalue weighted by molar-refractivity contribution is 7.92. The predicted molar refractivity (Wildman–Crippen MR) is 123 cm³/mol. The molecule has 9 heteroatoms. The van der Waals surface area contributed by atoms with Crippen LogP contribution in [0.2, 0.25) is 0 Å². The maximum atomic E-state index is 13.2. The van der Waals surface area contributed by atoms with Gasteiger partial charge in [0.15, 0.2) is 0 Å². The summed E-state index contributed by atoms with van der Waals surface area (Å²) in [7, 11) is -2.60. The molecule has 4 rings (SSSR count). The van der Waals surface area contributed by atoms with Gasteiger partial charge in [0.2, 0.25) is 5.91 Å². The van der Waals surface area contributed by atoms with Crippen LogP contribution in [-0.4, -0.2) is 21.4 Å². The van der Waals surface area contributed by atoms with Crippen LogP contribution in [-0.2, 0) is 21.2 Å². The molecule has 1 amide bonds. The van der Waals surface area contributed by atoms with E-state index in [0.29, 0.717) is 11.3 Å². The summed E-state index contributed by atoms with van der Waals surface area (Å²) in [6, 6.07) is 14.8. The minimum atomic E-state index is -4.00. The Morgan fingerprint density at radius 2 is 1.82 bits per heavy atom. The van der Waals surface area contributed by atoms with E-state index in [-0.39, 0.29) is 28.7 Å². The van der Waals surface area contributed by atoms with Crippen LogP contribution in [0, 0.1) is 12.7 Å². The Labute approximate surface area is 190 Å². The van der Waals surface area contributed by atoms with E-state index in [9.17, 15) is 17.6 Å². The maximum Gasteiger partial charge on any atom is 0.262 e. The molecule has 0 aliphatic rings. The summed E-state index contributed by atoms with van der Waals surface area (Å²) < 4.78 is 51.7. The Kier molecular flexibility index (Phi) is 6.06. The number of ether oxygens (including phenoxy) is 1. The highest BCUT2D eigenvalue weighted by atomic mass is 32.2. The third-order valence-corrected chi connectivity index (χ3v) is 6.40. The van der Waals surface area contributed by atoms with Crippen molar-refractivity contribution in [3.63, 3.8) is 0 Å². The largest absolute Gasteiger partial charge is 0.495 e. The summed E-state index contributed by atoms with van der Waals surface area (Å²) in [5, 5.41) is 3.62. The minimum Gasteiger partial charge on any atom is -0.495 e. The van der Waals surface area contributed by atoms with Gasteiger partial charge in [0.05, 0.1) is 30.4 Å². The van der Waals surface area contributed by atoms with E-state index in [1.165, 1.54) is 19.2 Å². The fraction of sp³-hybridized carbons (Fsp3) is 0.125. The van der Waals surface area contributed by atoms with Gasteiger partial charge < -0.3 is 14.5 Å². The van der Waals surface area contributed by atoms with E-state index in [1.807, 2.05) is 25.1 Å². The number of fused-ring (bicyclic) bond motifs is 1. The van der Waals surface area contributed by atoms with Gasteiger partial charge in [-0.05, 0) is 61.0 Å². The van der Waals surface area contributed by atoms with Crippen LogP contribution in [0.15, 0.2) is 76.2 Å². The molecule has 0 atom stereocenters. The Hall–Kier alpha value is -3.85. The van der Waals surface area contributed by atoms with Gasteiger partial charge in [0, 0.05) is 16.6 Å². The zero-order valence-corrected chi connectivity index (χ0v) is 18.7. The van der Waals surface area contributed by atoms with Crippen molar-refractivity contribution in [2.45, 2.75) is 18.2 Å². The van der Waals surface area contributed by atoms with Crippen LogP contribution >= 0.6 is 0 Å². The summed E-state index contributed by atoms with van der Waals surface area (Å²) in [6.07, 6.45) is 1.64. The SMILES string of the molecule is COc1ccc(NC(=O)Cc2coc3cc(C)ccc23)cc1NS(=O)(=O)c1ccc(F)cc1. The third-order valence-electron chi connectivity index (χ3n) is 5.01. The smallest absolute Gasteiger partial charge is 0.262 e. The summed E-state index contributed by atoms with van der Waals surface area (Å²) in [4.78, 5) is 12.5. The van der Waals surface area contributed by atoms with Crippen LogP contribution in [0.25, 0.3) is 11.0 Å². The Morgan fingerprint density at radius 1 is 1.06 bits per heavy atom. The molecule has 3 aromatic carbocycles. The summed E-state index contributed by atoms with van der Waals surface area (Å²) in [6.45, 7) is 1.96. The molecule has 0 radical (unpaired) electrons. The van der Waals surface area contributed by atoms with Gasteiger partial charge in [-0.2, -0.15) is 0 Å². The van der Waals surface area contributed by atoms with Gasteiger partial charge >= 0.3 is 0 Å². The van der Waals surface area contributed by atoms with Crippen molar-refractivity contribution in [3.05, 3.63) is 83.9 Å². The first-order valence-electron chi connectivity index (χ1n) is 9.98. The first-order chi connectivity index (χ1) is 15.7. The zero-order valence-electron chi connectivity index (χ0n) is 17.9. The molecule has 0 unspecified atom stereocenters. The Balaban J connectivity index is 1.53. The van der Waals surface area contributed by atoms with E-state index >= 15 is 0 Å². The number of anilines is 2. The molecule has 1 aromatic heterocycles. The van der Waals surface area contributed by atoms with Gasteiger partial charge in [-0.3, -0.25) is 9.52 Å². The lowest BCUT2D eigenvalue weighted by Gasteiger charge is -2.14. The predicted octanol–water partition coefficient (Wildman–Crippen LogP) is 4.87. The lowest BCUT2D eigenvalue weighted by molar-refractivity contribution is -0.115. The minimum absolute atomic E-state index is 0.0821. The van der Waals surface area contributed by atoms with E-state index in [4.69, 9.17) is 9.15 Å². The number of furan rings is 1. The average Bonchev–Trinajstić information content (AvgIpc) is 3.15. The molecule has 2 N–H and O–H groups in total. The summed E-state index contributed by atoms with van der Waals surface area (Å²) >= 11 is 0. The van der Waals surface area contributed by atoms with Crippen LogP contribution < -0.4 is 14.8 Å². The number of sulfonamides is 1. The number of nitrogens with one attached hydrogen (secondary N) is 2. The molecule has 0 saturated heterocycles. The first-order valence-corrected chi connectivity index (χ1v) is 11.5. The molecule has 0 spiro atoms. The van der Waals surface area contributed by atoms with Gasteiger partial charge in [-0.15, -0.1) is 0 Å². The quantitative estimate of drug-likeness (QED) is 0.403. The Morgan fingerprint density at radius 3 is 2.55 bits per heavy atom. The number of aryl methyl sites for hydroxylation is 1. The van der Waals surface area contributed by atoms with Gasteiger partial charge in [-0.25, -0.2) is 12.8 Å². The van der Waals surface area contributed by atoms with E-state index in [1.54, 1.807) is 12.3 Å². The highest BCUT2D eigenvalue weighted by Gasteiger charge is 2.18. The number of hydrogen-bond acceptors (Lipinski definition) is 5. The van der Waals surface area contributed by atoms with Crippen LogP contribution in [0.1, 0.15) is 11.1 Å². The van der Waals surface area contributed by atoms with Crippen molar-refractivity contribution in [2.24, 2.45) is 0 Å². The number of carbonyl (C=O) groups is 1. The van der Waals surface area contributed by atoms with Crippen LogP contribution in [0.3, 0.4) is 0 Å². The number of rotatable bonds is 7. The fourth-order valence-electron chi connectivity index (χ4n) is 3.39. The lowest BCUT2D eigenvalue weighted by Crippen LogP contribution is -2.16. The van der Waals surface area contributed by atoms with Crippen molar-refractivity contribution in [1.82, 2.24) is 0 Å². The number of amides is 1. The van der Waals surface area contributed by atoms with Crippen LogP contribution in [0.5, 0.6) is 5.75 Å². The molecule has 33 heavy (non-hydrogen) atoms. The monoisotopic (exact) mass is 468 g/mol.